The van der Waals surface area contributed by atoms with Crippen LogP contribution in [-0.4, -0.2) is 9.97 Å². The van der Waals surface area contributed by atoms with E-state index in [0.29, 0.717) is 17.0 Å². The van der Waals surface area contributed by atoms with Crippen LogP contribution in [0.4, 0.5) is 26.2 Å². The van der Waals surface area contributed by atoms with Crippen LogP contribution in [0.25, 0.3) is 10.9 Å². The number of aromatic nitrogens is 2. The van der Waals surface area contributed by atoms with Crippen molar-refractivity contribution in [1.29, 1.82) is 0 Å². The fourth-order valence-corrected chi connectivity index (χ4v) is 1.95. The molecule has 1 heterocycles. The summed E-state index contributed by atoms with van der Waals surface area (Å²) < 4.78 is 26.2. The fraction of sp³-hybridized carbons (Fsp3) is 0. The van der Waals surface area contributed by atoms with E-state index in [-0.39, 0.29) is 5.95 Å². The molecule has 4 N–H and O–H groups in total. The smallest absolute Gasteiger partial charge is 0.239 e. The van der Waals surface area contributed by atoms with Crippen molar-refractivity contribution in [2.24, 2.45) is 5.84 Å². The number of hydrogen-bond acceptors (Lipinski definition) is 5. The lowest BCUT2D eigenvalue weighted by Crippen LogP contribution is -2.11. The highest BCUT2D eigenvalue weighted by atomic mass is 19.2. The van der Waals surface area contributed by atoms with Gasteiger partial charge in [-0.2, -0.15) is 4.98 Å². The molecule has 0 aliphatic rings. The first-order chi connectivity index (χ1) is 10.2. The van der Waals surface area contributed by atoms with Crippen LogP contribution in [0.1, 0.15) is 0 Å². The van der Waals surface area contributed by atoms with Crippen LogP contribution < -0.4 is 16.6 Å². The van der Waals surface area contributed by atoms with E-state index in [0.717, 1.165) is 17.5 Å². The second-order valence-electron chi connectivity index (χ2n) is 4.31. The van der Waals surface area contributed by atoms with E-state index in [1.165, 1.54) is 6.07 Å². The summed E-state index contributed by atoms with van der Waals surface area (Å²) in [6.45, 7) is 0. The molecule has 5 nitrogen and oxygen atoms in total. The van der Waals surface area contributed by atoms with E-state index in [4.69, 9.17) is 5.84 Å². The number of fused-ring (bicyclic) bond motifs is 1. The number of rotatable bonds is 3. The zero-order chi connectivity index (χ0) is 14.8. The van der Waals surface area contributed by atoms with Crippen molar-refractivity contribution in [1.82, 2.24) is 9.97 Å². The average Bonchev–Trinajstić information content (AvgIpc) is 2.51. The molecule has 0 aliphatic heterocycles. The lowest BCUT2D eigenvalue weighted by molar-refractivity contribution is 0.509. The van der Waals surface area contributed by atoms with Crippen LogP contribution in [0.5, 0.6) is 0 Å². The summed E-state index contributed by atoms with van der Waals surface area (Å²) in [5.74, 6) is 4.16. The van der Waals surface area contributed by atoms with Crippen LogP contribution in [-0.2, 0) is 0 Å². The van der Waals surface area contributed by atoms with Gasteiger partial charge >= 0.3 is 0 Å². The van der Waals surface area contributed by atoms with E-state index in [2.05, 4.69) is 20.7 Å². The predicted octanol–water partition coefficient (Wildman–Crippen LogP) is 2.94. The van der Waals surface area contributed by atoms with Crippen LogP contribution in [0.3, 0.4) is 0 Å². The van der Waals surface area contributed by atoms with Gasteiger partial charge in [0.1, 0.15) is 5.82 Å². The predicted molar refractivity (Wildman–Crippen MR) is 77.0 cm³/mol. The Kier molecular flexibility index (Phi) is 3.33. The molecular formula is C14H11F2N5. The second-order valence-corrected chi connectivity index (χ2v) is 4.31. The van der Waals surface area contributed by atoms with Gasteiger partial charge in [-0.25, -0.2) is 19.6 Å². The summed E-state index contributed by atoms with van der Waals surface area (Å²) in [5.41, 5.74) is 3.42. The number of hydrazine groups is 1. The van der Waals surface area contributed by atoms with Crippen LogP contribution in [0.15, 0.2) is 42.5 Å². The van der Waals surface area contributed by atoms with Crippen LogP contribution in [0.2, 0.25) is 0 Å². The summed E-state index contributed by atoms with van der Waals surface area (Å²) in [6.07, 6.45) is 0. The molecule has 2 aromatic carbocycles. The first-order valence-electron chi connectivity index (χ1n) is 6.13. The highest BCUT2D eigenvalue weighted by Crippen LogP contribution is 2.25. The van der Waals surface area contributed by atoms with E-state index in [1.54, 1.807) is 6.07 Å². The Hall–Kier alpha value is -2.80. The SMILES string of the molecule is NNc1nc(Nc2ccc(F)c(F)c2)c2ccccc2n1. The summed E-state index contributed by atoms with van der Waals surface area (Å²) in [4.78, 5) is 8.40. The minimum Gasteiger partial charge on any atom is -0.339 e. The lowest BCUT2D eigenvalue weighted by Gasteiger charge is -2.10. The molecule has 0 amide bonds. The van der Waals surface area contributed by atoms with Crippen LogP contribution >= 0.6 is 0 Å². The Morgan fingerprint density at radius 3 is 2.52 bits per heavy atom. The van der Waals surface area contributed by atoms with E-state index < -0.39 is 11.6 Å². The number of hydrogen-bond donors (Lipinski definition) is 3. The molecule has 0 unspecified atom stereocenters. The molecule has 21 heavy (non-hydrogen) atoms. The minimum atomic E-state index is -0.935. The van der Waals surface area contributed by atoms with Crippen LogP contribution in [0, 0.1) is 11.6 Å². The molecule has 0 spiro atoms. The molecule has 1 aromatic heterocycles. The Morgan fingerprint density at radius 1 is 0.952 bits per heavy atom. The van der Waals surface area contributed by atoms with E-state index in [1.807, 2.05) is 18.2 Å². The third kappa shape index (κ3) is 2.59. The third-order valence-electron chi connectivity index (χ3n) is 2.91. The first kappa shape index (κ1) is 13.2. The molecule has 7 heteroatoms. The molecule has 0 fully saturated rings. The van der Waals surface area contributed by atoms with Gasteiger partial charge in [-0.15, -0.1) is 0 Å². The number of benzene rings is 2. The maximum atomic E-state index is 13.3. The van der Waals surface area contributed by atoms with Crippen molar-refractivity contribution in [3.8, 4) is 0 Å². The second kappa shape index (κ2) is 5.29. The van der Waals surface area contributed by atoms with Gasteiger partial charge in [0.25, 0.3) is 0 Å². The zero-order valence-electron chi connectivity index (χ0n) is 10.8. The van der Waals surface area contributed by atoms with Crippen molar-refractivity contribution >= 4 is 28.4 Å². The van der Waals surface area contributed by atoms with E-state index >= 15 is 0 Å². The van der Waals surface area contributed by atoms with Crippen molar-refractivity contribution in [2.75, 3.05) is 10.7 Å². The minimum absolute atomic E-state index is 0.221. The standard InChI is InChI=1S/C14H11F2N5/c15-10-6-5-8(7-11(10)16)18-13-9-3-1-2-4-12(9)19-14(20-13)21-17/h1-7H,17H2,(H2,18,19,20,21). The summed E-state index contributed by atoms with van der Waals surface area (Å²) >= 11 is 0. The molecule has 0 saturated carbocycles. The van der Waals surface area contributed by atoms with Gasteiger partial charge in [-0.05, 0) is 24.3 Å². The number of halogens is 2. The number of para-hydroxylation sites is 1. The maximum absolute atomic E-state index is 13.3. The maximum Gasteiger partial charge on any atom is 0.239 e. The summed E-state index contributed by atoms with van der Waals surface area (Å²) in [6, 6.07) is 10.8. The van der Waals surface area contributed by atoms with Gasteiger partial charge in [-0.1, -0.05) is 12.1 Å². The number of nitrogens with two attached hydrogens (primary N) is 1. The molecule has 3 aromatic rings. The zero-order valence-corrected chi connectivity index (χ0v) is 10.8. The summed E-state index contributed by atoms with van der Waals surface area (Å²) in [7, 11) is 0. The Bertz CT molecular complexity index is 806. The number of anilines is 3. The highest BCUT2D eigenvalue weighted by Gasteiger charge is 2.08. The highest BCUT2D eigenvalue weighted by molar-refractivity contribution is 5.91. The lowest BCUT2D eigenvalue weighted by atomic mass is 10.2. The average molecular weight is 287 g/mol. The van der Waals surface area contributed by atoms with Crippen molar-refractivity contribution in [3.05, 3.63) is 54.1 Å². The van der Waals surface area contributed by atoms with Gasteiger partial charge in [0.15, 0.2) is 11.6 Å². The quantitative estimate of drug-likeness (QED) is 0.510. The van der Waals surface area contributed by atoms with Crippen molar-refractivity contribution in [2.45, 2.75) is 0 Å². The fourth-order valence-electron chi connectivity index (χ4n) is 1.95. The van der Waals surface area contributed by atoms with Gasteiger partial charge in [0.05, 0.1) is 5.52 Å². The Morgan fingerprint density at radius 2 is 1.76 bits per heavy atom. The number of nitrogens with one attached hydrogen (secondary N) is 2. The molecular weight excluding hydrogens is 276 g/mol. The molecule has 0 bridgehead atoms. The molecule has 0 radical (unpaired) electrons. The monoisotopic (exact) mass is 287 g/mol. The Labute approximate surface area is 118 Å². The third-order valence-corrected chi connectivity index (χ3v) is 2.91. The number of nitrogens with zero attached hydrogens (tertiary/aromatic N) is 2. The molecule has 3 rings (SSSR count). The molecule has 0 aliphatic carbocycles. The normalized spacial score (nSPS) is 10.6. The largest absolute Gasteiger partial charge is 0.339 e. The Balaban J connectivity index is 2.08. The van der Waals surface area contributed by atoms with Gasteiger partial charge in [-0.3, -0.25) is 5.43 Å². The van der Waals surface area contributed by atoms with E-state index in [9.17, 15) is 8.78 Å². The van der Waals surface area contributed by atoms with Gasteiger partial charge < -0.3 is 5.32 Å². The van der Waals surface area contributed by atoms with Crippen molar-refractivity contribution < 1.29 is 8.78 Å². The first-order valence-corrected chi connectivity index (χ1v) is 6.13. The molecule has 0 atom stereocenters. The van der Waals surface area contributed by atoms with Gasteiger partial charge in [0.2, 0.25) is 5.95 Å². The van der Waals surface area contributed by atoms with Gasteiger partial charge in [0, 0.05) is 17.1 Å². The molecule has 0 saturated heterocycles. The summed E-state index contributed by atoms with van der Waals surface area (Å²) in [5, 5.41) is 3.67. The van der Waals surface area contributed by atoms with Crippen molar-refractivity contribution in [3.63, 3.8) is 0 Å². The number of nitrogen functional groups attached to an aromatic ring is 1. The molecule has 106 valence electrons. The topological polar surface area (TPSA) is 75.9 Å².